The molecule has 2 atom stereocenters. The largest absolute Gasteiger partial charge is 0.445 e. The molecule has 0 unspecified atom stereocenters. The molecule has 0 spiro atoms. The van der Waals surface area contributed by atoms with E-state index in [1.165, 1.54) is 10.4 Å². The van der Waals surface area contributed by atoms with E-state index in [4.69, 9.17) is 25.7 Å². The fourth-order valence-corrected chi connectivity index (χ4v) is 12.5. The summed E-state index contributed by atoms with van der Waals surface area (Å²) in [7, 11) is -2.83. The Balaban J connectivity index is 1.36. The number of halogens is 2. The van der Waals surface area contributed by atoms with Crippen LogP contribution < -0.4 is 10.4 Å². The van der Waals surface area contributed by atoms with E-state index < -0.39 is 13.7 Å². The standard InChI is InChI=1S/C37H40BrClN4O3Si/c1-36(2,3)47(29-16-10-6-11-17-29,30-18-12-7-13-19-30)46-25-28-20-21-37(4,34-41-32(38)31-33(39)40-22-23-42(31)34)26-43(28)35(44)45-24-27-14-8-5-9-15-27/h5-19,22-23,28H,20-21,24-26H2,1-4H3/t28-,37+/m1/s1. The van der Waals surface area contributed by atoms with Gasteiger partial charge in [-0.1, -0.05) is 130 Å². The molecule has 1 aliphatic rings. The lowest BCUT2D eigenvalue weighted by Gasteiger charge is -2.47. The lowest BCUT2D eigenvalue weighted by molar-refractivity contribution is 0.0311. The Bertz CT molecular complexity index is 1800. The Kier molecular flexibility index (Phi) is 9.63. The molecule has 0 saturated carbocycles. The quantitative estimate of drug-likeness (QED) is 0.153. The maximum Gasteiger partial charge on any atom is 0.410 e. The predicted octanol–water partition coefficient (Wildman–Crippen LogP) is 7.78. The van der Waals surface area contributed by atoms with Crippen LogP contribution >= 0.6 is 27.5 Å². The number of ether oxygens (including phenoxy) is 1. The van der Waals surface area contributed by atoms with Crippen LogP contribution in [0.5, 0.6) is 0 Å². The van der Waals surface area contributed by atoms with Gasteiger partial charge in [-0.05, 0) is 49.7 Å². The van der Waals surface area contributed by atoms with E-state index in [0.717, 1.165) is 17.8 Å². The molecule has 3 heterocycles. The number of imidazole rings is 1. The fourth-order valence-electron chi connectivity index (χ4n) is 6.97. The first-order chi connectivity index (χ1) is 22.5. The third-order valence-corrected chi connectivity index (χ3v) is 15.2. The number of hydrogen-bond donors (Lipinski definition) is 0. The first-order valence-corrected chi connectivity index (χ1v) is 19.0. The normalized spacial score (nSPS) is 18.8. The second kappa shape index (κ2) is 13.5. The molecule has 0 N–H and O–H groups in total. The van der Waals surface area contributed by atoms with Crippen molar-refractivity contribution >= 4 is 57.8 Å². The summed E-state index contributed by atoms with van der Waals surface area (Å²) in [5.41, 5.74) is 1.16. The molecule has 244 valence electrons. The van der Waals surface area contributed by atoms with Crippen LogP contribution in [-0.2, 0) is 21.2 Å². The highest BCUT2D eigenvalue weighted by molar-refractivity contribution is 9.10. The summed E-state index contributed by atoms with van der Waals surface area (Å²) >= 11 is 10.1. The van der Waals surface area contributed by atoms with Gasteiger partial charge in [-0.2, -0.15) is 0 Å². The van der Waals surface area contributed by atoms with Gasteiger partial charge < -0.3 is 14.1 Å². The van der Waals surface area contributed by atoms with Gasteiger partial charge in [0.1, 0.15) is 22.6 Å². The van der Waals surface area contributed by atoms with Gasteiger partial charge >= 0.3 is 6.09 Å². The van der Waals surface area contributed by atoms with Crippen molar-refractivity contribution in [2.45, 2.75) is 63.6 Å². The number of aromatic nitrogens is 3. The van der Waals surface area contributed by atoms with Crippen LogP contribution in [0.25, 0.3) is 5.52 Å². The summed E-state index contributed by atoms with van der Waals surface area (Å²) in [6.45, 7) is 9.93. The maximum atomic E-state index is 14.1. The third kappa shape index (κ3) is 6.51. The highest BCUT2D eigenvalue weighted by Gasteiger charge is 2.51. The van der Waals surface area contributed by atoms with E-state index >= 15 is 0 Å². The number of nitrogens with zero attached hydrogens (tertiary/aromatic N) is 4. The molecule has 0 bridgehead atoms. The van der Waals surface area contributed by atoms with E-state index in [9.17, 15) is 4.79 Å². The van der Waals surface area contributed by atoms with Crippen LogP contribution in [0.4, 0.5) is 4.79 Å². The van der Waals surface area contributed by atoms with Gasteiger partial charge in [0.15, 0.2) is 5.15 Å². The Morgan fingerprint density at radius 2 is 1.60 bits per heavy atom. The molecule has 2 aromatic heterocycles. The van der Waals surface area contributed by atoms with Crippen molar-refractivity contribution in [3.8, 4) is 0 Å². The van der Waals surface area contributed by atoms with Crippen LogP contribution in [-0.4, -0.2) is 52.9 Å². The predicted molar refractivity (Wildman–Crippen MR) is 193 cm³/mol. The Labute approximate surface area is 291 Å². The summed E-state index contributed by atoms with van der Waals surface area (Å²) in [6.07, 6.45) is 4.67. The summed E-state index contributed by atoms with van der Waals surface area (Å²) in [4.78, 5) is 25.1. The highest BCUT2D eigenvalue weighted by Crippen LogP contribution is 2.41. The number of carbonyl (C=O) groups excluding carboxylic acids is 1. The number of rotatable bonds is 8. The average Bonchev–Trinajstić information content (AvgIpc) is 3.43. The second-order valence-corrected chi connectivity index (χ2v) is 19.0. The minimum Gasteiger partial charge on any atom is -0.445 e. The summed E-state index contributed by atoms with van der Waals surface area (Å²) < 4.78 is 15.9. The molecule has 0 aliphatic carbocycles. The van der Waals surface area contributed by atoms with Crippen LogP contribution in [0, 0.1) is 0 Å². The number of hydrogen-bond acceptors (Lipinski definition) is 5. The number of likely N-dealkylation sites (tertiary alicyclic amines) is 1. The lowest BCUT2D eigenvalue weighted by atomic mass is 9.78. The lowest BCUT2D eigenvalue weighted by Crippen LogP contribution is -2.68. The molecule has 7 nitrogen and oxygen atoms in total. The molecule has 1 aliphatic heterocycles. The SMILES string of the molecule is CC(C)(C)[Si](OC[C@H]1CC[C@](C)(c2nc(Br)c3c(Cl)nccn23)CN1C(=O)OCc1ccccc1)(c1ccccc1)c1ccccc1. The zero-order valence-electron chi connectivity index (χ0n) is 27.2. The number of amides is 1. The summed E-state index contributed by atoms with van der Waals surface area (Å²) in [5.74, 6) is 0.816. The van der Waals surface area contributed by atoms with Crippen LogP contribution in [0.15, 0.2) is 108 Å². The number of carbonyl (C=O) groups is 1. The zero-order chi connectivity index (χ0) is 33.2. The molecule has 1 fully saturated rings. The molecule has 5 aromatic rings. The summed E-state index contributed by atoms with van der Waals surface area (Å²) in [5, 5.41) is 2.59. The van der Waals surface area contributed by atoms with Crippen LogP contribution in [0.3, 0.4) is 0 Å². The number of piperidine rings is 1. The van der Waals surface area contributed by atoms with Gasteiger partial charge in [-0.3, -0.25) is 4.40 Å². The Morgan fingerprint density at radius 1 is 1.00 bits per heavy atom. The second-order valence-electron chi connectivity index (χ2n) is 13.6. The van der Waals surface area contributed by atoms with Gasteiger partial charge in [-0.15, -0.1) is 0 Å². The third-order valence-electron chi connectivity index (χ3n) is 9.35. The molecule has 3 aromatic carbocycles. The van der Waals surface area contributed by atoms with Gasteiger partial charge in [0.25, 0.3) is 8.32 Å². The van der Waals surface area contributed by atoms with E-state index in [0.29, 0.717) is 34.8 Å². The molecule has 10 heteroatoms. The van der Waals surface area contributed by atoms with Crippen LogP contribution in [0.1, 0.15) is 51.9 Å². The summed E-state index contributed by atoms with van der Waals surface area (Å²) in [6, 6.07) is 30.8. The Hall–Kier alpha value is -3.50. The first-order valence-electron chi connectivity index (χ1n) is 15.9. The monoisotopic (exact) mass is 730 g/mol. The molecule has 1 saturated heterocycles. The van der Waals surface area contributed by atoms with E-state index in [1.807, 2.05) is 58.0 Å². The zero-order valence-corrected chi connectivity index (χ0v) is 30.5. The first kappa shape index (κ1) is 33.4. The minimum absolute atomic E-state index is 0.189. The van der Waals surface area contributed by atoms with E-state index in [1.54, 1.807) is 6.20 Å². The number of benzene rings is 3. The topological polar surface area (TPSA) is 69.0 Å². The van der Waals surface area contributed by atoms with E-state index in [-0.39, 0.29) is 23.8 Å². The molecule has 47 heavy (non-hydrogen) atoms. The van der Waals surface area contributed by atoms with Crippen molar-refractivity contribution in [2.24, 2.45) is 0 Å². The molecule has 1 amide bonds. The van der Waals surface area contributed by atoms with Crippen molar-refractivity contribution in [3.05, 3.63) is 125 Å². The van der Waals surface area contributed by atoms with Crippen molar-refractivity contribution < 1.29 is 14.0 Å². The highest BCUT2D eigenvalue weighted by atomic mass is 79.9. The smallest absolute Gasteiger partial charge is 0.410 e. The van der Waals surface area contributed by atoms with Gasteiger partial charge in [-0.25, -0.2) is 14.8 Å². The minimum atomic E-state index is -2.83. The van der Waals surface area contributed by atoms with Gasteiger partial charge in [0, 0.05) is 24.4 Å². The maximum absolute atomic E-state index is 14.1. The molecule has 6 rings (SSSR count). The van der Waals surface area contributed by atoms with Crippen molar-refractivity contribution in [1.29, 1.82) is 0 Å². The number of fused-ring (bicyclic) bond motifs is 1. The molecular weight excluding hydrogens is 692 g/mol. The Morgan fingerprint density at radius 3 is 2.19 bits per heavy atom. The average molecular weight is 732 g/mol. The molecular formula is C37H40BrClN4O3Si. The van der Waals surface area contributed by atoms with Crippen molar-refractivity contribution in [3.63, 3.8) is 0 Å². The molecule has 0 radical (unpaired) electrons. The van der Waals surface area contributed by atoms with Crippen molar-refractivity contribution in [1.82, 2.24) is 19.3 Å². The van der Waals surface area contributed by atoms with Crippen LogP contribution in [0.2, 0.25) is 10.2 Å². The van der Waals surface area contributed by atoms with Gasteiger partial charge in [0.2, 0.25) is 0 Å². The van der Waals surface area contributed by atoms with Crippen molar-refractivity contribution in [2.75, 3.05) is 13.2 Å². The fraction of sp³-hybridized carbons (Fsp3) is 0.324. The van der Waals surface area contributed by atoms with E-state index in [2.05, 4.69) is 97.1 Å². The van der Waals surface area contributed by atoms with Gasteiger partial charge in [0.05, 0.1) is 12.6 Å².